The molecule has 0 aliphatic carbocycles. The number of rotatable bonds is 3. The standard InChI is InChI=1S/C12H23NO3/c1-12(2)10-13(6-9-16-12)5-4-11-14-7-3-8-15-11/h11H,3-10H2,1-2H3. The van der Waals surface area contributed by atoms with Gasteiger partial charge in [0.1, 0.15) is 0 Å². The molecule has 2 rings (SSSR count). The Morgan fingerprint density at radius 3 is 2.62 bits per heavy atom. The van der Waals surface area contributed by atoms with Crippen molar-refractivity contribution in [2.24, 2.45) is 0 Å². The number of hydrogen-bond donors (Lipinski definition) is 0. The molecular formula is C12H23NO3. The van der Waals surface area contributed by atoms with E-state index in [-0.39, 0.29) is 11.9 Å². The fourth-order valence-electron chi connectivity index (χ4n) is 2.30. The highest BCUT2D eigenvalue weighted by atomic mass is 16.7. The van der Waals surface area contributed by atoms with E-state index in [1.807, 2.05) is 0 Å². The van der Waals surface area contributed by atoms with E-state index < -0.39 is 0 Å². The number of morpholine rings is 1. The van der Waals surface area contributed by atoms with Gasteiger partial charge in [0, 0.05) is 26.1 Å². The van der Waals surface area contributed by atoms with E-state index in [1.54, 1.807) is 0 Å². The molecule has 4 heteroatoms. The Kier molecular flexibility index (Phi) is 4.19. The van der Waals surface area contributed by atoms with Gasteiger partial charge in [-0.1, -0.05) is 0 Å². The van der Waals surface area contributed by atoms with Gasteiger partial charge in [-0.3, -0.25) is 4.90 Å². The van der Waals surface area contributed by atoms with Gasteiger partial charge in [0.15, 0.2) is 6.29 Å². The first-order chi connectivity index (χ1) is 7.66. The quantitative estimate of drug-likeness (QED) is 0.729. The summed E-state index contributed by atoms with van der Waals surface area (Å²) < 4.78 is 16.8. The maximum Gasteiger partial charge on any atom is 0.158 e. The molecule has 0 spiro atoms. The average molecular weight is 229 g/mol. The summed E-state index contributed by atoms with van der Waals surface area (Å²) in [6, 6.07) is 0. The van der Waals surface area contributed by atoms with Crippen LogP contribution in [0.3, 0.4) is 0 Å². The molecule has 2 fully saturated rings. The fourth-order valence-corrected chi connectivity index (χ4v) is 2.30. The Bertz CT molecular complexity index is 214. The molecular weight excluding hydrogens is 206 g/mol. The Hall–Kier alpha value is -0.160. The topological polar surface area (TPSA) is 30.9 Å². The normalized spacial score (nSPS) is 28.1. The molecule has 0 bridgehead atoms. The summed E-state index contributed by atoms with van der Waals surface area (Å²) in [6.07, 6.45) is 2.01. The molecule has 0 aromatic rings. The van der Waals surface area contributed by atoms with E-state index in [1.165, 1.54) is 0 Å². The zero-order chi connectivity index (χ0) is 11.4. The molecule has 16 heavy (non-hydrogen) atoms. The van der Waals surface area contributed by atoms with Crippen LogP contribution in [0.1, 0.15) is 26.7 Å². The van der Waals surface area contributed by atoms with Crippen molar-refractivity contribution in [2.75, 3.05) is 39.5 Å². The third-order valence-electron chi connectivity index (χ3n) is 3.08. The molecule has 0 aromatic heterocycles. The first kappa shape index (κ1) is 12.3. The molecule has 0 atom stereocenters. The summed E-state index contributed by atoms with van der Waals surface area (Å²) in [4.78, 5) is 2.44. The molecule has 94 valence electrons. The predicted molar refractivity (Wildman–Crippen MR) is 61.4 cm³/mol. The highest BCUT2D eigenvalue weighted by Crippen LogP contribution is 2.17. The Labute approximate surface area is 97.8 Å². The summed E-state index contributed by atoms with van der Waals surface area (Å²) in [5.74, 6) is 0. The lowest BCUT2D eigenvalue weighted by Crippen LogP contribution is -2.49. The second-order valence-electron chi connectivity index (χ2n) is 5.20. The van der Waals surface area contributed by atoms with Gasteiger partial charge in [-0.15, -0.1) is 0 Å². The van der Waals surface area contributed by atoms with Crippen molar-refractivity contribution < 1.29 is 14.2 Å². The summed E-state index contributed by atoms with van der Waals surface area (Å²) >= 11 is 0. The zero-order valence-corrected chi connectivity index (χ0v) is 10.4. The Morgan fingerprint density at radius 1 is 1.19 bits per heavy atom. The first-order valence-electron chi connectivity index (χ1n) is 6.25. The highest BCUT2D eigenvalue weighted by Gasteiger charge is 2.27. The molecule has 0 aromatic carbocycles. The van der Waals surface area contributed by atoms with E-state index in [2.05, 4.69) is 18.7 Å². The van der Waals surface area contributed by atoms with Gasteiger partial charge in [0.2, 0.25) is 0 Å². The van der Waals surface area contributed by atoms with E-state index in [9.17, 15) is 0 Å². The maximum absolute atomic E-state index is 5.68. The van der Waals surface area contributed by atoms with E-state index in [4.69, 9.17) is 14.2 Å². The Balaban J connectivity index is 1.68. The maximum atomic E-state index is 5.68. The van der Waals surface area contributed by atoms with Crippen LogP contribution >= 0.6 is 0 Å². The minimum Gasteiger partial charge on any atom is -0.373 e. The highest BCUT2D eigenvalue weighted by molar-refractivity contribution is 4.79. The van der Waals surface area contributed by atoms with Crippen LogP contribution in [-0.2, 0) is 14.2 Å². The van der Waals surface area contributed by atoms with Crippen LogP contribution in [0.15, 0.2) is 0 Å². The molecule has 0 radical (unpaired) electrons. The minimum absolute atomic E-state index is 0.00741. The molecule has 2 heterocycles. The number of nitrogens with zero attached hydrogens (tertiary/aromatic N) is 1. The van der Waals surface area contributed by atoms with E-state index >= 15 is 0 Å². The largest absolute Gasteiger partial charge is 0.373 e. The van der Waals surface area contributed by atoms with Crippen molar-refractivity contribution in [3.63, 3.8) is 0 Å². The summed E-state index contributed by atoms with van der Waals surface area (Å²) in [5.41, 5.74) is -0.00741. The van der Waals surface area contributed by atoms with Crippen molar-refractivity contribution in [3.8, 4) is 0 Å². The van der Waals surface area contributed by atoms with Crippen LogP contribution in [0.4, 0.5) is 0 Å². The number of hydrogen-bond acceptors (Lipinski definition) is 4. The smallest absolute Gasteiger partial charge is 0.158 e. The lowest BCUT2D eigenvalue weighted by atomic mass is 10.1. The van der Waals surface area contributed by atoms with Crippen LogP contribution in [0.5, 0.6) is 0 Å². The van der Waals surface area contributed by atoms with Crippen molar-refractivity contribution in [1.82, 2.24) is 4.90 Å². The van der Waals surface area contributed by atoms with Gasteiger partial charge in [-0.25, -0.2) is 0 Å². The van der Waals surface area contributed by atoms with Crippen molar-refractivity contribution in [1.29, 1.82) is 0 Å². The average Bonchev–Trinajstić information content (AvgIpc) is 2.27. The summed E-state index contributed by atoms with van der Waals surface area (Å²) in [6.45, 7) is 9.88. The molecule has 4 nitrogen and oxygen atoms in total. The summed E-state index contributed by atoms with van der Waals surface area (Å²) in [5, 5.41) is 0. The van der Waals surface area contributed by atoms with Crippen LogP contribution in [-0.4, -0.2) is 56.2 Å². The molecule has 0 saturated carbocycles. The van der Waals surface area contributed by atoms with Gasteiger partial charge in [0.25, 0.3) is 0 Å². The second kappa shape index (κ2) is 5.45. The summed E-state index contributed by atoms with van der Waals surface area (Å²) in [7, 11) is 0. The molecule has 0 amide bonds. The minimum atomic E-state index is -0.00741. The van der Waals surface area contributed by atoms with Crippen molar-refractivity contribution >= 4 is 0 Å². The fraction of sp³-hybridized carbons (Fsp3) is 1.00. The van der Waals surface area contributed by atoms with Crippen LogP contribution in [0.2, 0.25) is 0 Å². The van der Waals surface area contributed by atoms with Crippen molar-refractivity contribution in [2.45, 2.75) is 38.6 Å². The van der Waals surface area contributed by atoms with Gasteiger partial charge >= 0.3 is 0 Å². The number of ether oxygens (including phenoxy) is 3. The molecule has 2 saturated heterocycles. The SMILES string of the molecule is CC1(C)CN(CCC2OCCCO2)CCO1. The van der Waals surface area contributed by atoms with Crippen LogP contribution in [0.25, 0.3) is 0 Å². The lowest BCUT2D eigenvalue weighted by Gasteiger charge is -2.38. The monoisotopic (exact) mass is 229 g/mol. The third-order valence-corrected chi connectivity index (χ3v) is 3.08. The van der Waals surface area contributed by atoms with Gasteiger partial charge in [-0.05, 0) is 20.3 Å². The molecule has 2 aliphatic rings. The van der Waals surface area contributed by atoms with E-state index in [0.717, 1.165) is 52.3 Å². The van der Waals surface area contributed by atoms with Crippen LogP contribution < -0.4 is 0 Å². The molecule has 0 unspecified atom stereocenters. The Morgan fingerprint density at radius 2 is 1.94 bits per heavy atom. The lowest BCUT2D eigenvalue weighted by molar-refractivity contribution is -0.185. The van der Waals surface area contributed by atoms with Gasteiger partial charge in [0.05, 0.1) is 25.4 Å². The predicted octanol–water partition coefficient (Wildman–Crippen LogP) is 1.25. The molecule has 0 N–H and O–H groups in total. The second-order valence-corrected chi connectivity index (χ2v) is 5.20. The first-order valence-corrected chi connectivity index (χ1v) is 6.25. The zero-order valence-electron chi connectivity index (χ0n) is 10.4. The van der Waals surface area contributed by atoms with Crippen molar-refractivity contribution in [3.05, 3.63) is 0 Å². The van der Waals surface area contributed by atoms with Crippen LogP contribution in [0, 0.1) is 0 Å². The third kappa shape index (κ3) is 3.70. The van der Waals surface area contributed by atoms with Gasteiger partial charge < -0.3 is 14.2 Å². The van der Waals surface area contributed by atoms with E-state index in [0.29, 0.717) is 0 Å². The molecule has 2 aliphatic heterocycles. The van der Waals surface area contributed by atoms with Gasteiger partial charge in [-0.2, -0.15) is 0 Å².